The first-order chi connectivity index (χ1) is 15.5. The average molecular weight is 433 g/mol. The molecule has 1 fully saturated rings. The van der Waals surface area contributed by atoms with Crippen molar-refractivity contribution in [2.24, 2.45) is 0 Å². The first kappa shape index (κ1) is 21.9. The summed E-state index contributed by atoms with van der Waals surface area (Å²) >= 11 is 0. The van der Waals surface area contributed by atoms with Gasteiger partial charge in [-0.3, -0.25) is 19.5 Å². The van der Waals surface area contributed by atoms with E-state index in [4.69, 9.17) is 4.74 Å². The molecular formula is C25H28N4O3. The Hall–Kier alpha value is -3.29. The van der Waals surface area contributed by atoms with Gasteiger partial charge >= 0.3 is 0 Å². The van der Waals surface area contributed by atoms with Crippen LogP contribution in [0.5, 0.6) is 0 Å². The van der Waals surface area contributed by atoms with Gasteiger partial charge in [0.1, 0.15) is 0 Å². The summed E-state index contributed by atoms with van der Waals surface area (Å²) in [5.41, 5.74) is 5.24. The quantitative estimate of drug-likeness (QED) is 0.625. The molecule has 32 heavy (non-hydrogen) atoms. The fraction of sp³-hybridized carbons (Fsp3) is 0.320. The molecule has 7 nitrogen and oxygen atoms in total. The van der Waals surface area contributed by atoms with E-state index in [2.05, 4.69) is 20.5 Å². The molecular weight excluding hydrogens is 404 g/mol. The highest BCUT2D eigenvalue weighted by Gasteiger charge is 2.15. The number of benzene rings is 2. The van der Waals surface area contributed by atoms with Crippen LogP contribution in [0.15, 0.2) is 48.5 Å². The monoisotopic (exact) mass is 432 g/mol. The number of hydrogen-bond donors (Lipinski definition) is 2. The number of anilines is 2. The second kappa shape index (κ2) is 9.89. The molecule has 1 aromatic heterocycles. The molecule has 0 bridgehead atoms. The van der Waals surface area contributed by atoms with Crippen LogP contribution in [0.3, 0.4) is 0 Å². The molecule has 0 unspecified atom stereocenters. The molecule has 0 spiro atoms. The van der Waals surface area contributed by atoms with Crippen LogP contribution in [0.1, 0.15) is 16.8 Å². The summed E-state index contributed by atoms with van der Waals surface area (Å²) in [6.45, 7) is 7.19. The van der Waals surface area contributed by atoms with Crippen LogP contribution >= 0.6 is 0 Å². The predicted octanol–water partition coefficient (Wildman–Crippen LogP) is 3.30. The minimum absolute atomic E-state index is 0.0570. The summed E-state index contributed by atoms with van der Waals surface area (Å²) in [6, 6.07) is 15.1. The topological polar surface area (TPSA) is 83.6 Å². The van der Waals surface area contributed by atoms with Gasteiger partial charge in [-0.2, -0.15) is 0 Å². The number of rotatable bonds is 6. The number of ether oxygens (including phenoxy) is 1. The van der Waals surface area contributed by atoms with Crippen LogP contribution in [0.25, 0.3) is 10.9 Å². The van der Waals surface area contributed by atoms with Crippen LogP contribution < -0.4 is 10.6 Å². The molecule has 0 radical (unpaired) electrons. The van der Waals surface area contributed by atoms with E-state index >= 15 is 0 Å². The molecule has 4 rings (SSSR count). The Labute approximate surface area is 187 Å². The fourth-order valence-electron chi connectivity index (χ4n) is 4.00. The third kappa shape index (κ3) is 5.30. The SMILES string of the molecule is Cc1nc2ccccc2c(C)c1CC(=O)Nc1ccc(NC(=O)CN2CCOCC2)cc1. The number of nitrogens with zero attached hydrogens (tertiary/aromatic N) is 2. The molecule has 2 heterocycles. The smallest absolute Gasteiger partial charge is 0.238 e. The number of fused-ring (bicyclic) bond motifs is 1. The highest BCUT2D eigenvalue weighted by Crippen LogP contribution is 2.23. The summed E-state index contributed by atoms with van der Waals surface area (Å²) in [5.74, 6) is -0.157. The normalized spacial score (nSPS) is 14.3. The molecule has 7 heteroatoms. The van der Waals surface area contributed by atoms with Crippen LogP contribution in [0, 0.1) is 13.8 Å². The maximum Gasteiger partial charge on any atom is 0.238 e. The average Bonchev–Trinajstić information content (AvgIpc) is 2.78. The molecule has 0 saturated carbocycles. The summed E-state index contributed by atoms with van der Waals surface area (Å²) in [5, 5.41) is 6.90. The molecule has 1 saturated heterocycles. The zero-order chi connectivity index (χ0) is 22.5. The Kier molecular flexibility index (Phi) is 6.78. The zero-order valence-corrected chi connectivity index (χ0v) is 18.5. The Morgan fingerprint density at radius 1 is 0.938 bits per heavy atom. The molecule has 2 N–H and O–H groups in total. The van der Waals surface area contributed by atoms with Crippen molar-refractivity contribution in [3.8, 4) is 0 Å². The van der Waals surface area contributed by atoms with E-state index in [9.17, 15) is 9.59 Å². The van der Waals surface area contributed by atoms with E-state index < -0.39 is 0 Å². The molecule has 0 atom stereocenters. The molecule has 166 valence electrons. The van der Waals surface area contributed by atoms with E-state index in [0.717, 1.165) is 40.8 Å². The standard InChI is InChI=1S/C25H28N4O3/c1-17-21-5-3-4-6-23(21)26-18(2)22(17)15-24(30)27-19-7-9-20(10-8-19)28-25(31)16-29-11-13-32-14-12-29/h3-10H,11-16H2,1-2H3,(H,27,30)(H,28,31). The molecule has 3 aromatic rings. The Balaban J connectivity index is 1.35. The van der Waals surface area contributed by atoms with E-state index in [0.29, 0.717) is 31.1 Å². The zero-order valence-electron chi connectivity index (χ0n) is 18.5. The lowest BCUT2D eigenvalue weighted by Gasteiger charge is -2.25. The van der Waals surface area contributed by atoms with Gasteiger partial charge in [0.2, 0.25) is 11.8 Å². The van der Waals surface area contributed by atoms with E-state index in [1.807, 2.05) is 38.1 Å². The van der Waals surface area contributed by atoms with Crippen molar-refractivity contribution in [1.29, 1.82) is 0 Å². The molecule has 1 aliphatic rings. The molecule has 2 aromatic carbocycles. The number of carbonyl (C=O) groups excluding carboxylic acids is 2. The fourth-order valence-corrected chi connectivity index (χ4v) is 4.00. The Morgan fingerprint density at radius 3 is 2.25 bits per heavy atom. The second-order valence-corrected chi connectivity index (χ2v) is 8.06. The highest BCUT2D eigenvalue weighted by atomic mass is 16.5. The lowest BCUT2D eigenvalue weighted by atomic mass is 9.99. The number of para-hydroxylation sites is 1. The van der Waals surface area contributed by atoms with Gasteiger partial charge in [0.25, 0.3) is 0 Å². The van der Waals surface area contributed by atoms with Crippen molar-refractivity contribution >= 4 is 34.1 Å². The van der Waals surface area contributed by atoms with Gasteiger partial charge in [-0.1, -0.05) is 18.2 Å². The summed E-state index contributed by atoms with van der Waals surface area (Å²) in [7, 11) is 0. The number of hydrogen-bond acceptors (Lipinski definition) is 5. The van der Waals surface area contributed by atoms with E-state index in [1.165, 1.54) is 0 Å². The molecule has 1 aliphatic heterocycles. The van der Waals surface area contributed by atoms with Crippen molar-refractivity contribution in [3.05, 3.63) is 65.4 Å². The van der Waals surface area contributed by atoms with Gasteiger partial charge in [0.05, 0.1) is 31.7 Å². The maximum absolute atomic E-state index is 12.7. The third-order valence-corrected chi connectivity index (χ3v) is 5.75. The lowest BCUT2D eigenvalue weighted by Crippen LogP contribution is -2.41. The summed E-state index contributed by atoms with van der Waals surface area (Å²) in [4.78, 5) is 31.6. The minimum Gasteiger partial charge on any atom is -0.379 e. The van der Waals surface area contributed by atoms with Gasteiger partial charge in [0, 0.05) is 35.5 Å². The first-order valence-electron chi connectivity index (χ1n) is 10.8. The van der Waals surface area contributed by atoms with Gasteiger partial charge in [0.15, 0.2) is 0 Å². The number of aryl methyl sites for hydroxylation is 2. The lowest BCUT2D eigenvalue weighted by molar-refractivity contribution is -0.118. The summed E-state index contributed by atoms with van der Waals surface area (Å²) in [6.07, 6.45) is 0.257. The van der Waals surface area contributed by atoms with Crippen molar-refractivity contribution in [2.75, 3.05) is 43.5 Å². The first-order valence-corrected chi connectivity index (χ1v) is 10.8. The van der Waals surface area contributed by atoms with Crippen LogP contribution in [-0.2, 0) is 20.7 Å². The van der Waals surface area contributed by atoms with Gasteiger partial charge in [-0.15, -0.1) is 0 Å². The molecule has 0 aliphatic carbocycles. The van der Waals surface area contributed by atoms with Gasteiger partial charge in [-0.05, 0) is 55.3 Å². The van der Waals surface area contributed by atoms with Crippen molar-refractivity contribution in [3.63, 3.8) is 0 Å². The van der Waals surface area contributed by atoms with Crippen LogP contribution in [-0.4, -0.2) is 54.5 Å². The third-order valence-electron chi connectivity index (χ3n) is 5.75. The second-order valence-electron chi connectivity index (χ2n) is 8.06. The van der Waals surface area contributed by atoms with Crippen LogP contribution in [0.4, 0.5) is 11.4 Å². The number of nitrogens with one attached hydrogen (secondary N) is 2. The van der Waals surface area contributed by atoms with Crippen molar-refractivity contribution in [2.45, 2.75) is 20.3 Å². The number of pyridine rings is 1. The Bertz CT molecular complexity index is 1120. The van der Waals surface area contributed by atoms with E-state index in [-0.39, 0.29) is 18.2 Å². The van der Waals surface area contributed by atoms with E-state index in [1.54, 1.807) is 24.3 Å². The van der Waals surface area contributed by atoms with Crippen molar-refractivity contribution < 1.29 is 14.3 Å². The maximum atomic E-state index is 12.7. The van der Waals surface area contributed by atoms with Gasteiger partial charge in [-0.25, -0.2) is 0 Å². The van der Waals surface area contributed by atoms with Crippen molar-refractivity contribution in [1.82, 2.24) is 9.88 Å². The number of amides is 2. The van der Waals surface area contributed by atoms with Crippen LogP contribution in [0.2, 0.25) is 0 Å². The number of morpholine rings is 1. The predicted molar refractivity (Wildman–Crippen MR) is 126 cm³/mol. The number of carbonyl (C=O) groups is 2. The summed E-state index contributed by atoms with van der Waals surface area (Å²) < 4.78 is 5.30. The minimum atomic E-state index is -0.0996. The number of aromatic nitrogens is 1. The largest absolute Gasteiger partial charge is 0.379 e. The Morgan fingerprint density at radius 2 is 1.56 bits per heavy atom. The van der Waals surface area contributed by atoms with Gasteiger partial charge < -0.3 is 15.4 Å². The molecule has 2 amide bonds. The highest BCUT2D eigenvalue weighted by molar-refractivity contribution is 5.95.